The molecule has 0 spiro atoms. The highest BCUT2D eigenvalue weighted by Gasteiger charge is 2.12. The fraction of sp³-hybridized carbons (Fsp3) is 0.350. The number of nitrogens with one attached hydrogen (secondary N) is 1. The summed E-state index contributed by atoms with van der Waals surface area (Å²) in [6.07, 6.45) is 1.84. The molecule has 0 atom stereocenters. The summed E-state index contributed by atoms with van der Waals surface area (Å²) in [6, 6.07) is 16.4. The molecule has 0 aliphatic carbocycles. The lowest BCUT2D eigenvalue weighted by molar-refractivity contribution is -0.117. The van der Waals surface area contributed by atoms with Crippen LogP contribution in [-0.2, 0) is 24.2 Å². The first-order valence-electron chi connectivity index (χ1n) is 8.27. The molecular formula is C20H26N2O. The molecule has 2 aromatic rings. The highest BCUT2D eigenvalue weighted by atomic mass is 16.2. The van der Waals surface area contributed by atoms with Crippen molar-refractivity contribution >= 4 is 11.6 Å². The van der Waals surface area contributed by atoms with E-state index in [2.05, 4.69) is 49.5 Å². The van der Waals surface area contributed by atoms with Crippen LogP contribution < -0.4 is 5.32 Å². The number of amides is 1. The van der Waals surface area contributed by atoms with Gasteiger partial charge in [0, 0.05) is 12.2 Å². The minimum absolute atomic E-state index is 0.0408. The number of rotatable bonds is 7. The van der Waals surface area contributed by atoms with Crippen LogP contribution in [0.1, 0.15) is 30.5 Å². The van der Waals surface area contributed by atoms with Crippen LogP contribution in [0.4, 0.5) is 5.69 Å². The van der Waals surface area contributed by atoms with Crippen LogP contribution in [0.2, 0.25) is 0 Å². The summed E-state index contributed by atoms with van der Waals surface area (Å²) in [4.78, 5) is 14.4. The third kappa shape index (κ3) is 4.93. The van der Waals surface area contributed by atoms with E-state index in [0.717, 1.165) is 25.1 Å². The van der Waals surface area contributed by atoms with Crippen molar-refractivity contribution in [1.82, 2.24) is 4.90 Å². The molecule has 0 heterocycles. The Bertz CT molecular complexity index is 615. The Morgan fingerprint density at radius 2 is 1.57 bits per heavy atom. The number of likely N-dealkylation sites (N-methyl/N-ethyl adjacent to an activating group) is 1. The van der Waals surface area contributed by atoms with E-state index in [1.54, 1.807) is 0 Å². The van der Waals surface area contributed by atoms with Crippen LogP contribution in [-0.4, -0.2) is 24.4 Å². The molecule has 0 aliphatic rings. The smallest absolute Gasteiger partial charge is 0.238 e. The molecule has 0 aromatic heterocycles. The molecule has 0 fully saturated rings. The SMILES string of the molecule is CCc1cccc(CC)c1NC(=O)CN(C)Cc1ccccc1. The lowest BCUT2D eigenvalue weighted by Gasteiger charge is -2.19. The van der Waals surface area contributed by atoms with Gasteiger partial charge < -0.3 is 5.32 Å². The van der Waals surface area contributed by atoms with E-state index < -0.39 is 0 Å². The Kier molecular flexibility index (Phi) is 6.36. The number of para-hydroxylation sites is 1. The van der Waals surface area contributed by atoms with Gasteiger partial charge in [0.05, 0.1) is 6.54 Å². The van der Waals surface area contributed by atoms with E-state index >= 15 is 0 Å². The van der Waals surface area contributed by atoms with Crippen molar-refractivity contribution in [2.45, 2.75) is 33.2 Å². The van der Waals surface area contributed by atoms with Gasteiger partial charge in [0.25, 0.3) is 0 Å². The van der Waals surface area contributed by atoms with Crippen LogP contribution in [0.3, 0.4) is 0 Å². The molecule has 3 heteroatoms. The van der Waals surface area contributed by atoms with E-state index in [4.69, 9.17) is 0 Å². The summed E-state index contributed by atoms with van der Waals surface area (Å²) in [7, 11) is 1.97. The number of aryl methyl sites for hydroxylation is 2. The molecule has 1 N–H and O–H groups in total. The van der Waals surface area contributed by atoms with Crippen LogP contribution in [0.5, 0.6) is 0 Å². The van der Waals surface area contributed by atoms with Crippen molar-refractivity contribution in [3.8, 4) is 0 Å². The molecule has 0 saturated heterocycles. The molecule has 23 heavy (non-hydrogen) atoms. The Morgan fingerprint density at radius 1 is 0.957 bits per heavy atom. The van der Waals surface area contributed by atoms with Crippen molar-refractivity contribution in [3.05, 3.63) is 65.2 Å². The second-order valence-corrected chi connectivity index (χ2v) is 5.86. The van der Waals surface area contributed by atoms with E-state index in [0.29, 0.717) is 6.54 Å². The maximum absolute atomic E-state index is 12.4. The fourth-order valence-electron chi connectivity index (χ4n) is 2.78. The Labute approximate surface area is 139 Å². The zero-order valence-corrected chi connectivity index (χ0v) is 14.3. The number of hydrogen-bond donors (Lipinski definition) is 1. The van der Waals surface area contributed by atoms with Crippen molar-refractivity contribution < 1.29 is 4.79 Å². The lowest BCUT2D eigenvalue weighted by Crippen LogP contribution is -2.30. The van der Waals surface area contributed by atoms with Crippen LogP contribution in [0.15, 0.2) is 48.5 Å². The zero-order chi connectivity index (χ0) is 16.7. The molecule has 0 radical (unpaired) electrons. The highest BCUT2D eigenvalue weighted by molar-refractivity contribution is 5.93. The van der Waals surface area contributed by atoms with Crippen LogP contribution in [0, 0.1) is 0 Å². The van der Waals surface area contributed by atoms with Crippen molar-refractivity contribution in [2.24, 2.45) is 0 Å². The molecule has 2 aromatic carbocycles. The number of hydrogen-bond acceptors (Lipinski definition) is 2. The summed E-state index contributed by atoms with van der Waals surface area (Å²) in [5.74, 6) is 0.0408. The van der Waals surface area contributed by atoms with Crippen LogP contribution >= 0.6 is 0 Å². The summed E-state index contributed by atoms with van der Waals surface area (Å²) in [5, 5.41) is 3.12. The van der Waals surface area contributed by atoms with Gasteiger partial charge in [0.2, 0.25) is 5.91 Å². The van der Waals surface area contributed by atoms with Gasteiger partial charge >= 0.3 is 0 Å². The average molecular weight is 310 g/mol. The van der Waals surface area contributed by atoms with E-state index in [9.17, 15) is 4.79 Å². The molecule has 0 unspecified atom stereocenters. The van der Waals surface area contributed by atoms with Gasteiger partial charge in [-0.25, -0.2) is 0 Å². The Morgan fingerprint density at radius 3 is 2.13 bits per heavy atom. The quantitative estimate of drug-likeness (QED) is 0.841. The van der Waals surface area contributed by atoms with Gasteiger partial charge in [-0.15, -0.1) is 0 Å². The first-order valence-corrected chi connectivity index (χ1v) is 8.27. The number of anilines is 1. The maximum atomic E-state index is 12.4. The summed E-state index contributed by atoms with van der Waals surface area (Å²) >= 11 is 0. The van der Waals surface area contributed by atoms with Gasteiger partial charge in [-0.2, -0.15) is 0 Å². The number of benzene rings is 2. The minimum atomic E-state index is 0.0408. The predicted octanol–water partition coefficient (Wildman–Crippen LogP) is 3.88. The van der Waals surface area contributed by atoms with Gasteiger partial charge in [0.15, 0.2) is 0 Å². The number of nitrogens with zero attached hydrogens (tertiary/aromatic N) is 1. The topological polar surface area (TPSA) is 32.3 Å². The largest absolute Gasteiger partial charge is 0.324 e. The summed E-state index contributed by atoms with van der Waals surface area (Å²) in [5.41, 5.74) is 4.61. The molecule has 2 rings (SSSR count). The second-order valence-electron chi connectivity index (χ2n) is 5.86. The molecule has 0 bridgehead atoms. The number of carbonyl (C=O) groups is 1. The maximum Gasteiger partial charge on any atom is 0.238 e. The fourth-order valence-corrected chi connectivity index (χ4v) is 2.78. The first-order chi connectivity index (χ1) is 11.1. The lowest BCUT2D eigenvalue weighted by atomic mass is 10.0. The molecule has 122 valence electrons. The summed E-state index contributed by atoms with van der Waals surface area (Å²) in [6.45, 7) is 5.39. The van der Waals surface area contributed by atoms with Crippen molar-refractivity contribution in [2.75, 3.05) is 18.9 Å². The van der Waals surface area contributed by atoms with Gasteiger partial charge in [-0.05, 0) is 36.6 Å². The molecule has 0 saturated carbocycles. The molecule has 1 amide bonds. The Balaban J connectivity index is 1.99. The Hall–Kier alpha value is -2.13. The van der Waals surface area contributed by atoms with Gasteiger partial charge in [0.1, 0.15) is 0 Å². The van der Waals surface area contributed by atoms with Gasteiger partial charge in [-0.1, -0.05) is 62.4 Å². The highest BCUT2D eigenvalue weighted by Crippen LogP contribution is 2.22. The van der Waals surface area contributed by atoms with E-state index in [-0.39, 0.29) is 5.91 Å². The first kappa shape index (κ1) is 17.2. The molecular weight excluding hydrogens is 284 g/mol. The predicted molar refractivity (Wildman–Crippen MR) is 96.6 cm³/mol. The van der Waals surface area contributed by atoms with E-state index in [1.807, 2.05) is 30.1 Å². The van der Waals surface area contributed by atoms with E-state index in [1.165, 1.54) is 16.7 Å². The monoisotopic (exact) mass is 310 g/mol. The standard InChI is InChI=1S/C20H26N2O/c1-4-17-12-9-13-18(5-2)20(17)21-19(23)15-22(3)14-16-10-7-6-8-11-16/h6-13H,4-5,14-15H2,1-3H3,(H,21,23). The van der Waals surface area contributed by atoms with Gasteiger partial charge in [-0.3, -0.25) is 9.69 Å². The zero-order valence-electron chi connectivity index (χ0n) is 14.3. The van der Waals surface area contributed by atoms with Crippen molar-refractivity contribution in [3.63, 3.8) is 0 Å². The third-order valence-electron chi connectivity index (χ3n) is 3.97. The average Bonchev–Trinajstić information content (AvgIpc) is 2.55. The van der Waals surface area contributed by atoms with Crippen molar-refractivity contribution in [1.29, 1.82) is 0 Å². The number of carbonyl (C=O) groups excluding carboxylic acids is 1. The summed E-state index contributed by atoms with van der Waals surface area (Å²) < 4.78 is 0. The minimum Gasteiger partial charge on any atom is -0.324 e. The normalized spacial score (nSPS) is 10.8. The molecule has 3 nitrogen and oxygen atoms in total. The second kappa shape index (κ2) is 8.49. The third-order valence-corrected chi connectivity index (χ3v) is 3.97. The van der Waals surface area contributed by atoms with Crippen LogP contribution in [0.25, 0.3) is 0 Å². The molecule has 0 aliphatic heterocycles.